The Balaban J connectivity index is 1.64. The minimum absolute atomic E-state index is 0.0368. The maximum Gasteiger partial charge on any atom is 0.409 e. The summed E-state index contributed by atoms with van der Waals surface area (Å²) < 4.78 is 16.7. The van der Waals surface area contributed by atoms with Crippen molar-refractivity contribution >= 4 is 29.3 Å². The second-order valence-electron chi connectivity index (χ2n) is 9.85. The molecular formula is C26H33ClN2O6. The van der Waals surface area contributed by atoms with Crippen LogP contribution in [0.3, 0.4) is 0 Å². The summed E-state index contributed by atoms with van der Waals surface area (Å²) in [6.45, 7) is 3.97. The molecule has 4 bridgehead atoms. The van der Waals surface area contributed by atoms with Crippen LogP contribution in [0, 0.1) is 5.92 Å². The SMILES string of the molecule is COc1cc2cc(c1Cl)N(C)C(=O)CC(C)C1OC1CC1C[C@](O)(C/C=C/C=C(\C)C2)NC(=O)O1. The molecule has 2 amide bonds. The van der Waals surface area contributed by atoms with Gasteiger partial charge < -0.3 is 24.2 Å². The van der Waals surface area contributed by atoms with E-state index in [-0.39, 0.29) is 43.3 Å². The van der Waals surface area contributed by atoms with Crippen LogP contribution in [-0.4, -0.2) is 55.3 Å². The van der Waals surface area contributed by atoms with Crippen molar-refractivity contribution in [3.63, 3.8) is 0 Å². The maximum absolute atomic E-state index is 13.1. The van der Waals surface area contributed by atoms with Gasteiger partial charge in [-0.2, -0.15) is 0 Å². The highest BCUT2D eigenvalue weighted by atomic mass is 35.5. The van der Waals surface area contributed by atoms with Crippen LogP contribution < -0.4 is 15.0 Å². The molecule has 3 aliphatic rings. The predicted octanol–water partition coefficient (Wildman–Crippen LogP) is 4.13. The van der Waals surface area contributed by atoms with Crippen molar-refractivity contribution in [1.29, 1.82) is 0 Å². The Morgan fingerprint density at radius 2 is 2.09 bits per heavy atom. The van der Waals surface area contributed by atoms with Crippen LogP contribution >= 0.6 is 11.6 Å². The monoisotopic (exact) mass is 504 g/mol. The van der Waals surface area contributed by atoms with Crippen LogP contribution in [0.1, 0.15) is 45.1 Å². The van der Waals surface area contributed by atoms with Gasteiger partial charge in [0.15, 0.2) is 0 Å². The number of halogens is 1. The van der Waals surface area contributed by atoms with Crippen molar-refractivity contribution in [3.05, 3.63) is 46.5 Å². The number of fused-ring (bicyclic) bond motifs is 5. The number of amides is 2. The fourth-order valence-corrected chi connectivity index (χ4v) is 5.20. The quantitative estimate of drug-likeness (QED) is 0.558. The number of benzene rings is 1. The molecule has 8 nitrogen and oxygen atoms in total. The van der Waals surface area contributed by atoms with Gasteiger partial charge in [-0.25, -0.2) is 4.79 Å². The molecule has 1 aromatic carbocycles. The molecule has 190 valence electrons. The fraction of sp³-hybridized carbons (Fsp3) is 0.538. The molecule has 4 rings (SSSR count). The van der Waals surface area contributed by atoms with Crippen LogP contribution in [-0.2, 0) is 20.7 Å². The van der Waals surface area contributed by atoms with E-state index in [1.807, 2.05) is 44.2 Å². The number of nitrogens with one attached hydrogen (secondary N) is 1. The number of alkyl carbamates (subject to hydrolysis) is 1. The number of carbonyl (C=O) groups is 2. The summed E-state index contributed by atoms with van der Waals surface area (Å²) in [5.74, 6) is 0.394. The molecule has 9 heteroatoms. The van der Waals surface area contributed by atoms with Gasteiger partial charge in [-0.1, -0.05) is 42.3 Å². The molecule has 1 aromatic rings. The molecule has 0 radical (unpaired) electrons. The number of nitrogens with zero attached hydrogens (tertiary/aromatic N) is 1. The summed E-state index contributed by atoms with van der Waals surface area (Å²) in [6, 6.07) is 3.79. The first-order valence-electron chi connectivity index (χ1n) is 11.9. The van der Waals surface area contributed by atoms with Gasteiger partial charge in [0.1, 0.15) is 22.6 Å². The smallest absolute Gasteiger partial charge is 0.409 e. The highest BCUT2D eigenvalue weighted by Gasteiger charge is 2.48. The Labute approximate surface area is 210 Å². The average molecular weight is 505 g/mol. The lowest BCUT2D eigenvalue weighted by Crippen LogP contribution is -2.56. The number of anilines is 1. The molecule has 5 atom stereocenters. The highest BCUT2D eigenvalue weighted by Crippen LogP contribution is 2.39. The van der Waals surface area contributed by atoms with Crippen molar-refractivity contribution < 1.29 is 28.9 Å². The van der Waals surface area contributed by atoms with Crippen molar-refractivity contribution in [2.45, 2.75) is 70.0 Å². The summed E-state index contributed by atoms with van der Waals surface area (Å²) >= 11 is 6.58. The lowest BCUT2D eigenvalue weighted by atomic mass is 9.93. The molecule has 0 saturated carbocycles. The maximum atomic E-state index is 13.1. The van der Waals surface area contributed by atoms with Crippen molar-refractivity contribution in [2.24, 2.45) is 5.92 Å². The molecule has 4 unspecified atom stereocenters. The number of carbonyl (C=O) groups excluding carboxylic acids is 2. The van der Waals surface area contributed by atoms with E-state index in [0.717, 1.165) is 11.1 Å². The van der Waals surface area contributed by atoms with E-state index in [1.54, 1.807) is 19.1 Å². The predicted molar refractivity (Wildman–Crippen MR) is 133 cm³/mol. The average Bonchev–Trinajstić information content (AvgIpc) is 3.55. The summed E-state index contributed by atoms with van der Waals surface area (Å²) in [7, 11) is 3.27. The zero-order chi connectivity index (χ0) is 25.3. The van der Waals surface area contributed by atoms with E-state index in [9.17, 15) is 14.7 Å². The Kier molecular flexibility index (Phi) is 7.45. The molecule has 3 heterocycles. The van der Waals surface area contributed by atoms with Gasteiger partial charge in [-0.3, -0.25) is 10.1 Å². The molecule has 2 N–H and O–H groups in total. The Hall–Kier alpha value is -2.55. The van der Waals surface area contributed by atoms with E-state index >= 15 is 0 Å². The van der Waals surface area contributed by atoms with Gasteiger partial charge in [0.25, 0.3) is 0 Å². The zero-order valence-corrected chi connectivity index (χ0v) is 21.3. The Morgan fingerprint density at radius 1 is 1.31 bits per heavy atom. The first-order chi connectivity index (χ1) is 16.6. The number of rotatable bonds is 1. The second-order valence-corrected chi connectivity index (χ2v) is 10.2. The minimum atomic E-state index is -1.38. The van der Waals surface area contributed by atoms with Gasteiger partial charge in [0.05, 0.1) is 25.0 Å². The summed E-state index contributed by atoms with van der Waals surface area (Å²) in [5.41, 5.74) is 1.24. The summed E-state index contributed by atoms with van der Waals surface area (Å²) in [4.78, 5) is 26.8. The topological polar surface area (TPSA) is 101 Å². The third-order valence-electron chi connectivity index (χ3n) is 6.84. The number of methoxy groups -OCH3 is 1. The van der Waals surface area contributed by atoms with Gasteiger partial charge >= 0.3 is 6.09 Å². The highest BCUT2D eigenvalue weighted by molar-refractivity contribution is 6.35. The van der Waals surface area contributed by atoms with E-state index in [2.05, 4.69) is 5.32 Å². The fourth-order valence-electron chi connectivity index (χ4n) is 4.88. The van der Waals surface area contributed by atoms with Crippen molar-refractivity contribution in [3.8, 4) is 5.75 Å². The van der Waals surface area contributed by atoms with E-state index in [0.29, 0.717) is 29.3 Å². The third kappa shape index (κ3) is 6.00. The molecule has 0 aliphatic carbocycles. The van der Waals surface area contributed by atoms with Gasteiger partial charge in [-0.05, 0) is 37.0 Å². The lowest BCUT2D eigenvalue weighted by molar-refractivity contribution is -0.119. The number of ether oxygens (including phenoxy) is 3. The minimum Gasteiger partial charge on any atom is -0.495 e. The normalized spacial score (nSPS) is 34.1. The molecule has 35 heavy (non-hydrogen) atoms. The number of allylic oxidation sites excluding steroid dienone is 3. The van der Waals surface area contributed by atoms with Crippen LogP contribution in [0.15, 0.2) is 35.9 Å². The molecule has 3 aliphatic heterocycles. The van der Waals surface area contributed by atoms with Crippen LogP contribution in [0.2, 0.25) is 5.02 Å². The van der Waals surface area contributed by atoms with Crippen molar-refractivity contribution in [1.82, 2.24) is 5.32 Å². The van der Waals surface area contributed by atoms with E-state index in [4.69, 9.17) is 25.8 Å². The van der Waals surface area contributed by atoms with Crippen LogP contribution in [0.4, 0.5) is 10.5 Å². The Bertz CT molecular complexity index is 1060. The van der Waals surface area contributed by atoms with E-state index < -0.39 is 17.9 Å². The number of hydrogen-bond donors (Lipinski definition) is 2. The van der Waals surface area contributed by atoms with Gasteiger partial charge in [-0.15, -0.1) is 0 Å². The van der Waals surface area contributed by atoms with E-state index in [1.165, 1.54) is 0 Å². The lowest BCUT2D eigenvalue weighted by Gasteiger charge is -2.36. The van der Waals surface area contributed by atoms with Crippen LogP contribution in [0.5, 0.6) is 5.75 Å². The molecule has 0 aromatic heterocycles. The first kappa shape index (κ1) is 25.5. The molecule has 2 fully saturated rings. The number of hydrogen-bond acceptors (Lipinski definition) is 6. The van der Waals surface area contributed by atoms with Gasteiger partial charge in [0.2, 0.25) is 5.91 Å². The second kappa shape index (κ2) is 10.2. The first-order valence-corrected chi connectivity index (χ1v) is 12.3. The summed E-state index contributed by atoms with van der Waals surface area (Å²) in [6.07, 6.45) is 6.21. The zero-order valence-electron chi connectivity index (χ0n) is 20.5. The number of aliphatic hydroxyl groups is 1. The standard InChI is InChI=1S/C26H33ClN2O6/c1-15-7-5-6-8-26(32)14-18(34-25(31)28-26)13-21-24(35-21)16(2)10-22(30)29(3)19-11-17(9-15)12-20(33-4)23(19)27/h5-7,11-12,16,18,21,24,32H,8-10,13-14H2,1-4H3,(H,28,31)/b6-5+,15-7+/t16?,18?,21?,24?,26-/m1/s1. The molecule has 0 spiro atoms. The van der Waals surface area contributed by atoms with Crippen molar-refractivity contribution in [2.75, 3.05) is 19.1 Å². The largest absolute Gasteiger partial charge is 0.495 e. The third-order valence-corrected chi connectivity index (χ3v) is 7.22. The van der Waals surface area contributed by atoms with Crippen LogP contribution in [0.25, 0.3) is 0 Å². The molecular weight excluding hydrogens is 472 g/mol. The Morgan fingerprint density at radius 3 is 2.83 bits per heavy atom. The molecule has 2 saturated heterocycles. The van der Waals surface area contributed by atoms with Gasteiger partial charge in [0, 0.05) is 32.7 Å². The number of epoxide rings is 1. The summed E-state index contributed by atoms with van der Waals surface area (Å²) in [5, 5.41) is 13.9.